The van der Waals surface area contributed by atoms with Crippen LogP contribution in [0.15, 0.2) is 0 Å². The molecule has 2 rings (SSSR count). The fraction of sp³-hybridized carbons (Fsp3) is 0.929. The topological polar surface area (TPSA) is 52.8 Å². The van der Waals surface area contributed by atoms with Crippen molar-refractivity contribution >= 4 is 5.91 Å². The normalized spacial score (nSPS) is 27.3. The summed E-state index contributed by atoms with van der Waals surface area (Å²) in [6, 6.07) is 0.328. The van der Waals surface area contributed by atoms with Gasteiger partial charge in [-0.1, -0.05) is 12.8 Å². The molecule has 2 heterocycles. The highest BCUT2D eigenvalue weighted by Gasteiger charge is 2.27. The van der Waals surface area contributed by atoms with Gasteiger partial charge in [-0.25, -0.2) is 0 Å². The number of nitrogens with two attached hydrogens (primary N) is 1. The van der Waals surface area contributed by atoms with E-state index in [1.54, 1.807) is 0 Å². The lowest BCUT2D eigenvalue weighted by atomic mass is 10.1. The van der Waals surface area contributed by atoms with Crippen LogP contribution in [0.25, 0.3) is 0 Å². The molecule has 1 amide bonds. The third-order valence-electron chi connectivity index (χ3n) is 4.38. The fourth-order valence-electron chi connectivity index (χ4n) is 3.07. The summed E-state index contributed by atoms with van der Waals surface area (Å²) in [5.74, 6) is 0.296. The maximum Gasteiger partial charge on any atom is 0.236 e. The summed E-state index contributed by atoms with van der Waals surface area (Å²) in [6.07, 6.45) is 4.86. The molecule has 0 saturated carbocycles. The second-order valence-corrected chi connectivity index (χ2v) is 5.92. The number of hydrogen-bond donors (Lipinski definition) is 1. The van der Waals surface area contributed by atoms with E-state index in [1.807, 2.05) is 0 Å². The van der Waals surface area contributed by atoms with E-state index in [9.17, 15) is 4.79 Å². The summed E-state index contributed by atoms with van der Waals surface area (Å²) in [5, 5.41) is 0. The number of nitrogens with zero attached hydrogens (tertiary/aromatic N) is 3. The summed E-state index contributed by atoms with van der Waals surface area (Å²) >= 11 is 0. The Morgan fingerprint density at radius 2 is 1.79 bits per heavy atom. The first-order valence-corrected chi connectivity index (χ1v) is 7.61. The number of piperazine rings is 1. The van der Waals surface area contributed by atoms with E-state index < -0.39 is 0 Å². The number of likely N-dealkylation sites (N-methyl/N-ethyl adjacent to an activating group) is 1. The zero-order valence-corrected chi connectivity index (χ0v) is 12.2. The first kappa shape index (κ1) is 14.8. The van der Waals surface area contributed by atoms with Gasteiger partial charge in [0.05, 0.1) is 6.54 Å². The minimum Gasteiger partial charge on any atom is -0.342 e. The molecule has 5 nitrogen and oxygen atoms in total. The number of carbonyl (C=O) groups excluding carboxylic acids is 1. The van der Waals surface area contributed by atoms with Crippen LogP contribution in [0, 0.1) is 0 Å². The standard InChI is InChI=1S/C14H28N4O/c1-16-8-9-18(13(10-15)11-16)12-14(19)17-6-4-2-3-5-7-17/h13H,2-12,15H2,1H3. The van der Waals surface area contributed by atoms with Gasteiger partial charge >= 0.3 is 0 Å². The Bertz CT molecular complexity index is 289. The zero-order valence-electron chi connectivity index (χ0n) is 12.2. The molecule has 1 unspecified atom stereocenters. The highest BCUT2D eigenvalue weighted by Crippen LogP contribution is 2.12. The Kier molecular flexibility index (Phi) is 5.60. The van der Waals surface area contributed by atoms with Gasteiger partial charge in [0.25, 0.3) is 0 Å². The summed E-state index contributed by atoms with van der Waals surface area (Å²) in [6.45, 7) is 6.04. The van der Waals surface area contributed by atoms with Gasteiger partial charge in [-0.05, 0) is 19.9 Å². The van der Waals surface area contributed by atoms with E-state index in [4.69, 9.17) is 5.73 Å². The van der Waals surface area contributed by atoms with Gasteiger partial charge in [-0.15, -0.1) is 0 Å². The second kappa shape index (κ2) is 7.22. The van der Waals surface area contributed by atoms with Crippen LogP contribution >= 0.6 is 0 Å². The molecule has 2 saturated heterocycles. The molecule has 0 aromatic carbocycles. The van der Waals surface area contributed by atoms with Crippen molar-refractivity contribution in [1.29, 1.82) is 0 Å². The summed E-state index contributed by atoms with van der Waals surface area (Å²) in [5.41, 5.74) is 5.84. The number of hydrogen-bond acceptors (Lipinski definition) is 4. The molecular formula is C14H28N4O. The van der Waals surface area contributed by atoms with E-state index >= 15 is 0 Å². The van der Waals surface area contributed by atoms with Crippen LogP contribution in [0.1, 0.15) is 25.7 Å². The third kappa shape index (κ3) is 4.16. The SMILES string of the molecule is CN1CCN(CC(=O)N2CCCCCC2)C(CN)C1. The van der Waals surface area contributed by atoms with Crippen molar-refractivity contribution in [2.45, 2.75) is 31.7 Å². The molecule has 110 valence electrons. The summed E-state index contributed by atoms with van der Waals surface area (Å²) < 4.78 is 0. The lowest BCUT2D eigenvalue weighted by Crippen LogP contribution is -2.57. The van der Waals surface area contributed by atoms with Crippen LogP contribution in [0.5, 0.6) is 0 Å². The Hall–Kier alpha value is -0.650. The first-order valence-electron chi connectivity index (χ1n) is 7.61. The Balaban J connectivity index is 1.86. The van der Waals surface area contributed by atoms with E-state index in [-0.39, 0.29) is 0 Å². The van der Waals surface area contributed by atoms with E-state index in [1.165, 1.54) is 12.8 Å². The smallest absolute Gasteiger partial charge is 0.236 e. The molecule has 0 aliphatic carbocycles. The Labute approximate surface area is 116 Å². The van der Waals surface area contributed by atoms with E-state index in [2.05, 4.69) is 21.7 Å². The number of likely N-dealkylation sites (tertiary alicyclic amines) is 1. The van der Waals surface area contributed by atoms with Gasteiger partial charge in [0, 0.05) is 45.3 Å². The van der Waals surface area contributed by atoms with Crippen LogP contribution in [-0.4, -0.2) is 79.5 Å². The van der Waals surface area contributed by atoms with Gasteiger partial charge in [-0.2, -0.15) is 0 Å². The molecule has 0 bridgehead atoms. The molecular weight excluding hydrogens is 240 g/mol. The predicted octanol–water partition coefficient (Wildman–Crippen LogP) is -0.0363. The molecule has 19 heavy (non-hydrogen) atoms. The molecule has 2 N–H and O–H groups in total. The minimum absolute atomic E-state index is 0.296. The van der Waals surface area contributed by atoms with Gasteiger partial charge in [0.1, 0.15) is 0 Å². The van der Waals surface area contributed by atoms with Gasteiger partial charge in [0.15, 0.2) is 0 Å². The molecule has 0 aromatic rings. The predicted molar refractivity (Wildman–Crippen MR) is 77.0 cm³/mol. The van der Waals surface area contributed by atoms with Crippen molar-refractivity contribution in [3.05, 3.63) is 0 Å². The van der Waals surface area contributed by atoms with Crippen LogP contribution in [-0.2, 0) is 4.79 Å². The number of carbonyl (C=O) groups is 1. The second-order valence-electron chi connectivity index (χ2n) is 5.92. The maximum absolute atomic E-state index is 12.4. The average molecular weight is 268 g/mol. The number of rotatable bonds is 3. The van der Waals surface area contributed by atoms with Crippen LogP contribution in [0.3, 0.4) is 0 Å². The minimum atomic E-state index is 0.296. The van der Waals surface area contributed by atoms with Crippen molar-refractivity contribution < 1.29 is 4.79 Å². The Morgan fingerprint density at radius 3 is 2.42 bits per heavy atom. The molecule has 2 aliphatic rings. The molecule has 0 aromatic heterocycles. The molecule has 2 fully saturated rings. The van der Waals surface area contributed by atoms with Crippen LogP contribution in [0.4, 0.5) is 0 Å². The van der Waals surface area contributed by atoms with Gasteiger partial charge < -0.3 is 15.5 Å². The molecule has 0 radical (unpaired) electrons. The van der Waals surface area contributed by atoms with Crippen molar-refractivity contribution in [2.24, 2.45) is 5.73 Å². The lowest BCUT2D eigenvalue weighted by Gasteiger charge is -2.39. The van der Waals surface area contributed by atoms with Crippen molar-refractivity contribution in [1.82, 2.24) is 14.7 Å². The van der Waals surface area contributed by atoms with Gasteiger partial charge in [-0.3, -0.25) is 9.69 Å². The largest absolute Gasteiger partial charge is 0.342 e. The van der Waals surface area contributed by atoms with Gasteiger partial charge in [0.2, 0.25) is 5.91 Å². The molecule has 0 spiro atoms. The third-order valence-corrected chi connectivity index (χ3v) is 4.38. The fourth-order valence-corrected chi connectivity index (χ4v) is 3.07. The highest BCUT2D eigenvalue weighted by atomic mass is 16.2. The molecule has 1 atom stereocenters. The van der Waals surface area contributed by atoms with Crippen LogP contribution in [0.2, 0.25) is 0 Å². The quantitative estimate of drug-likeness (QED) is 0.780. The van der Waals surface area contributed by atoms with E-state index in [0.29, 0.717) is 25.0 Å². The molecule has 2 aliphatic heterocycles. The summed E-state index contributed by atoms with van der Waals surface area (Å²) in [4.78, 5) is 19.0. The van der Waals surface area contributed by atoms with E-state index in [0.717, 1.165) is 45.6 Å². The van der Waals surface area contributed by atoms with Crippen molar-refractivity contribution in [2.75, 3.05) is 52.9 Å². The zero-order chi connectivity index (χ0) is 13.7. The highest BCUT2D eigenvalue weighted by molar-refractivity contribution is 5.78. The monoisotopic (exact) mass is 268 g/mol. The maximum atomic E-state index is 12.4. The average Bonchev–Trinajstić information content (AvgIpc) is 2.69. The van der Waals surface area contributed by atoms with Crippen molar-refractivity contribution in [3.63, 3.8) is 0 Å². The Morgan fingerprint density at radius 1 is 1.11 bits per heavy atom. The van der Waals surface area contributed by atoms with Crippen LogP contribution < -0.4 is 5.73 Å². The first-order chi connectivity index (χ1) is 9.20. The number of amides is 1. The molecule has 5 heteroatoms. The van der Waals surface area contributed by atoms with Crippen molar-refractivity contribution in [3.8, 4) is 0 Å². The lowest BCUT2D eigenvalue weighted by molar-refractivity contribution is -0.133. The summed E-state index contributed by atoms with van der Waals surface area (Å²) in [7, 11) is 2.12.